The fraction of sp³-hybridized carbons (Fsp3) is 0.667. The first-order valence-corrected chi connectivity index (χ1v) is 2.83. The Bertz CT molecular complexity index is 102. The molecule has 8 heavy (non-hydrogen) atoms. The van der Waals surface area contributed by atoms with Gasteiger partial charge in [-0.2, -0.15) is 0 Å². The first-order chi connectivity index (χ1) is 3.88. The molecule has 0 bridgehead atoms. The molecule has 1 rings (SSSR count). The summed E-state index contributed by atoms with van der Waals surface area (Å²) in [5.74, 6) is 0.785. The average Bonchev–Trinajstić information content (AvgIpc) is 1.66. The Hall–Kier alpha value is -0.500. The third kappa shape index (κ3) is 0.713. The van der Waals surface area contributed by atoms with Crippen LogP contribution in [0.25, 0.3) is 0 Å². The first-order valence-electron chi connectivity index (χ1n) is 2.83. The number of hydrogen-bond donors (Lipinski definition) is 1. The van der Waals surface area contributed by atoms with E-state index in [1.807, 2.05) is 0 Å². The van der Waals surface area contributed by atoms with Gasteiger partial charge in [-0.1, -0.05) is 6.92 Å². The zero-order valence-electron chi connectivity index (χ0n) is 4.98. The van der Waals surface area contributed by atoms with Crippen molar-refractivity contribution in [2.45, 2.75) is 13.3 Å². The summed E-state index contributed by atoms with van der Waals surface area (Å²) < 4.78 is 4.91. The van der Waals surface area contributed by atoms with Crippen LogP contribution in [0.2, 0.25) is 0 Å². The van der Waals surface area contributed by atoms with E-state index in [0.29, 0.717) is 0 Å². The Morgan fingerprint density at radius 1 is 1.75 bits per heavy atom. The molecule has 0 amide bonds. The summed E-state index contributed by atoms with van der Waals surface area (Å²) in [6.45, 7) is 2.86. The highest BCUT2D eigenvalue weighted by molar-refractivity contribution is 5.16. The van der Waals surface area contributed by atoms with E-state index < -0.39 is 0 Å². The van der Waals surface area contributed by atoms with Gasteiger partial charge >= 0.3 is 0 Å². The molecular weight excluding hydrogens is 104 g/mol. The molecule has 0 aliphatic carbocycles. The lowest BCUT2D eigenvalue weighted by atomic mass is 10.1. The highest BCUT2D eigenvalue weighted by atomic mass is 16.5. The molecule has 2 nitrogen and oxygen atoms in total. The molecule has 0 aromatic heterocycles. The third-order valence-corrected chi connectivity index (χ3v) is 1.39. The quantitative estimate of drug-likeness (QED) is 0.571. The summed E-state index contributed by atoms with van der Waals surface area (Å²) in [5, 5.41) is 8.50. The van der Waals surface area contributed by atoms with Crippen LogP contribution in [0.15, 0.2) is 11.3 Å². The fourth-order valence-electron chi connectivity index (χ4n) is 0.733. The maximum atomic E-state index is 8.50. The molecule has 2 heteroatoms. The van der Waals surface area contributed by atoms with Crippen LogP contribution < -0.4 is 0 Å². The minimum Gasteiger partial charge on any atom is -0.491 e. The topological polar surface area (TPSA) is 29.5 Å². The number of ether oxygens (including phenoxy) is 1. The molecule has 1 aliphatic rings. The standard InChI is InChI=1S/C6H10O2/c1-2-5-4-8-6(5)3-7/h7H,2-4H2,1H3. The van der Waals surface area contributed by atoms with Crippen LogP contribution in [0.3, 0.4) is 0 Å². The van der Waals surface area contributed by atoms with Crippen molar-refractivity contribution in [3.05, 3.63) is 11.3 Å². The van der Waals surface area contributed by atoms with Gasteiger partial charge in [0.2, 0.25) is 0 Å². The molecule has 0 aromatic carbocycles. The van der Waals surface area contributed by atoms with Gasteiger partial charge in [-0.15, -0.1) is 0 Å². The molecule has 0 spiro atoms. The SMILES string of the molecule is CCC1=C(CO)OC1. The second kappa shape index (κ2) is 2.18. The molecule has 0 fully saturated rings. The summed E-state index contributed by atoms with van der Waals surface area (Å²) in [6.07, 6.45) is 1.01. The third-order valence-electron chi connectivity index (χ3n) is 1.39. The van der Waals surface area contributed by atoms with Gasteiger partial charge in [0.25, 0.3) is 0 Å². The van der Waals surface area contributed by atoms with Crippen molar-refractivity contribution in [3.63, 3.8) is 0 Å². The zero-order valence-corrected chi connectivity index (χ0v) is 4.98. The van der Waals surface area contributed by atoms with E-state index in [9.17, 15) is 0 Å². The molecule has 0 saturated heterocycles. The van der Waals surface area contributed by atoms with Crippen molar-refractivity contribution >= 4 is 0 Å². The Morgan fingerprint density at radius 2 is 2.50 bits per heavy atom. The number of aliphatic hydroxyl groups excluding tert-OH is 1. The lowest BCUT2D eigenvalue weighted by molar-refractivity contribution is 0.126. The van der Waals surface area contributed by atoms with E-state index in [4.69, 9.17) is 9.84 Å². The number of hydrogen-bond acceptors (Lipinski definition) is 2. The van der Waals surface area contributed by atoms with E-state index in [1.165, 1.54) is 5.57 Å². The highest BCUT2D eigenvalue weighted by Gasteiger charge is 2.14. The molecule has 1 N–H and O–H groups in total. The summed E-state index contributed by atoms with van der Waals surface area (Å²) in [4.78, 5) is 0. The summed E-state index contributed by atoms with van der Waals surface area (Å²) in [5.41, 5.74) is 1.26. The van der Waals surface area contributed by atoms with Gasteiger partial charge in [0.05, 0.1) is 0 Å². The molecule has 1 heterocycles. The number of aliphatic hydroxyl groups is 1. The molecule has 0 saturated carbocycles. The molecule has 1 aliphatic heterocycles. The van der Waals surface area contributed by atoms with Crippen molar-refractivity contribution < 1.29 is 9.84 Å². The number of rotatable bonds is 2. The zero-order chi connectivity index (χ0) is 5.98. The van der Waals surface area contributed by atoms with E-state index in [-0.39, 0.29) is 6.61 Å². The van der Waals surface area contributed by atoms with Crippen molar-refractivity contribution in [1.82, 2.24) is 0 Å². The molecule has 0 atom stereocenters. The Balaban J connectivity index is 2.49. The molecule has 0 radical (unpaired) electrons. The second-order valence-corrected chi connectivity index (χ2v) is 1.83. The van der Waals surface area contributed by atoms with E-state index in [2.05, 4.69) is 6.92 Å². The minimum atomic E-state index is 0.0726. The largest absolute Gasteiger partial charge is 0.491 e. The molecule has 0 aromatic rings. The van der Waals surface area contributed by atoms with E-state index in [0.717, 1.165) is 18.8 Å². The van der Waals surface area contributed by atoms with Gasteiger partial charge in [0, 0.05) is 5.57 Å². The molecule has 0 unspecified atom stereocenters. The fourth-order valence-corrected chi connectivity index (χ4v) is 0.733. The van der Waals surface area contributed by atoms with Crippen molar-refractivity contribution in [2.24, 2.45) is 0 Å². The van der Waals surface area contributed by atoms with Crippen LogP contribution in [-0.4, -0.2) is 18.3 Å². The van der Waals surface area contributed by atoms with Gasteiger partial charge in [-0.25, -0.2) is 0 Å². The van der Waals surface area contributed by atoms with Gasteiger partial charge < -0.3 is 9.84 Å². The van der Waals surface area contributed by atoms with Crippen LogP contribution in [0, 0.1) is 0 Å². The summed E-state index contributed by atoms with van der Waals surface area (Å²) >= 11 is 0. The average molecular weight is 114 g/mol. The van der Waals surface area contributed by atoms with Crippen LogP contribution in [0.4, 0.5) is 0 Å². The van der Waals surface area contributed by atoms with Crippen molar-refractivity contribution in [1.29, 1.82) is 0 Å². The van der Waals surface area contributed by atoms with Crippen LogP contribution in [0.5, 0.6) is 0 Å². The first kappa shape index (κ1) is 5.63. The maximum Gasteiger partial charge on any atom is 0.124 e. The molecule has 46 valence electrons. The smallest absolute Gasteiger partial charge is 0.124 e. The summed E-state index contributed by atoms with van der Waals surface area (Å²) in [7, 11) is 0. The van der Waals surface area contributed by atoms with Gasteiger partial charge in [-0.05, 0) is 6.42 Å². The Kier molecular flexibility index (Phi) is 1.53. The lowest BCUT2D eigenvalue weighted by Gasteiger charge is -2.22. The van der Waals surface area contributed by atoms with Crippen LogP contribution in [0.1, 0.15) is 13.3 Å². The Labute approximate surface area is 48.8 Å². The minimum absolute atomic E-state index is 0.0726. The second-order valence-electron chi connectivity index (χ2n) is 1.83. The van der Waals surface area contributed by atoms with Crippen molar-refractivity contribution in [3.8, 4) is 0 Å². The normalized spacial score (nSPS) is 17.8. The van der Waals surface area contributed by atoms with Crippen LogP contribution in [-0.2, 0) is 4.74 Å². The predicted octanol–water partition coefficient (Wildman–Crippen LogP) is 0.673. The summed E-state index contributed by atoms with van der Waals surface area (Å²) in [6, 6.07) is 0. The highest BCUT2D eigenvalue weighted by Crippen LogP contribution is 2.19. The van der Waals surface area contributed by atoms with Gasteiger partial charge in [-0.3, -0.25) is 0 Å². The van der Waals surface area contributed by atoms with E-state index in [1.54, 1.807) is 0 Å². The lowest BCUT2D eigenvalue weighted by Crippen LogP contribution is -2.16. The maximum absolute atomic E-state index is 8.50. The van der Waals surface area contributed by atoms with Gasteiger partial charge in [0.15, 0.2) is 0 Å². The van der Waals surface area contributed by atoms with Gasteiger partial charge in [0.1, 0.15) is 19.0 Å². The Morgan fingerprint density at radius 3 is 2.62 bits per heavy atom. The van der Waals surface area contributed by atoms with Crippen LogP contribution >= 0.6 is 0 Å². The van der Waals surface area contributed by atoms with E-state index >= 15 is 0 Å². The monoisotopic (exact) mass is 114 g/mol. The predicted molar refractivity (Wildman–Crippen MR) is 30.4 cm³/mol. The molecular formula is C6H10O2. The van der Waals surface area contributed by atoms with Crippen molar-refractivity contribution in [2.75, 3.05) is 13.2 Å².